The summed E-state index contributed by atoms with van der Waals surface area (Å²) in [5.41, 5.74) is 16.6. The summed E-state index contributed by atoms with van der Waals surface area (Å²) in [4.78, 5) is 3.66. The van der Waals surface area contributed by atoms with Crippen LogP contribution in [0.1, 0.15) is 0 Å². The molecule has 5 aromatic carbocycles. The lowest BCUT2D eigenvalue weighted by Gasteiger charge is -2.14. The van der Waals surface area contributed by atoms with Crippen molar-refractivity contribution in [3.05, 3.63) is 115 Å². The Balaban J connectivity index is 1.71. The molecule has 6 rings (SSSR count). The standard InChI is InChI=1S/C30H22N2/c31-29-24(21-12-6-2-7-13-21)19-26-25-18-23(20-10-4-1-5-11-20)16-17-27(25)32-30(26)28(29)22-14-8-3-9-15-22/h1-19,32H,31H2. The second-order valence-electron chi connectivity index (χ2n) is 8.12. The van der Waals surface area contributed by atoms with E-state index in [4.69, 9.17) is 5.73 Å². The van der Waals surface area contributed by atoms with Crippen LogP contribution in [0, 0.1) is 0 Å². The van der Waals surface area contributed by atoms with Gasteiger partial charge in [-0.1, -0.05) is 97.1 Å². The molecular formula is C30H22N2. The van der Waals surface area contributed by atoms with E-state index in [0.717, 1.165) is 39.0 Å². The van der Waals surface area contributed by atoms with Crippen LogP contribution >= 0.6 is 0 Å². The zero-order valence-corrected chi connectivity index (χ0v) is 17.5. The van der Waals surface area contributed by atoms with Gasteiger partial charge < -0.3 is 10.7 Å². The molecule has 0 fully saturated rings. The molecule has 1 aromatic heterocycles. The predicted molar refractivity (Wildman–Crippen MR) is 137 cm³/mol. The van der Waals surface area contributed by atoms with Gasteiger partial charge in [-0.3, -0.25) is 0 Å². The maximum absolute atomic E-state index is 6.84. The van der Waals surface area contributed by atoms with Crippen molar-refractivity contribution in [1.82, 2.24) is 4.98 Å². The normalized spacial score (nSPS) is 11.2. The van der Waals surface area contributed by atoms with E-state index in [-0.39, 0.29) is 0 Å². The minimum absolute atomic E-state index is 0.796. The predicted octanol–water partition coefficient (Wildman–Crippen LogP) is 7.90. The van der Waals surface area contributed by atoms with Crippen LogP contribution < -0.4 is 5.73 Å². The second kappa shape index (κ2) is 7.44. The van der Waals surface area contributed by atoms with Crippen molar-refractivity contribution in [2.45, 2.75) is 0 Å². The third kappa shape index (κ3) is 2.97. The van der Waals surface area contributed by atoms with Gasteiger partial charge in [0.1, 0.15) is 0 Å². The molecule has 0 amide bonds. The van der Waals surface area contributed by atoms with Crippen LogP contribution in [0.15, 0.2) is 115 Å². The second-order valence-corrected chi connectivity index (χ2v) is 8.12. The zero-order chi connectivity index (χ0) is 21.5. The Kier molecular flexibility index (Phi) is 4.29. The summed E-state index contributed by atoms with van der Waals surface area (Å²) in [7, 11) is 0. The molecule has 0 radical (unpaired) electrons. The largest absolute Gasteiger partial charge is 0.398 e. The van der Waals surface area contributed by atoms with Crippen LogP contribution in [0.4, 0.5) is 5.69 Å². The molecule has 0 saturated heterocycles. The average Bonchev–Trinajstić information content (AvgIpc) is 3.22. The summed E-state index contributed by atoms with van der Waals surface area (Å²) >= 11 is 0. The maximum Gasteiger partial charge on any atom is 0.0565 e. The number of nitrogens with two attached hydrogens (primary N) is 1. The number of nitrogens with one attached hydrogen (secondary N) is 1. The van der Waals surface area contributed by atoms with E-state index < -0.39 is 0 Å². The van der Waals surface area contributed by atoms with Crippen LogP contribution in [-0.2, 0) is 0 Å². The number of hydrogen-bond donors (Lipinski definition) is 2. The number of H-pyrrole nitrogens is 1. The van der Waals surface area contributed by atoms with Crippen molar-refractivity contribution in [2.75, 3.05) is 5.73 Å². The number of anilines is 1. The van der Waals surface area contributed by atoms with E-state index in [9.17, 15) is 0 Å². The maximum atomic E-state index is 6.84. The van der Waals surface area contributed by atoms with Crippen LogP contribution in [0.3, 0.4) is 0 Å². The van der Waals surface area contributed by atoms with E-state index in [2.05, 4.69) is 108 Å². The van der Waals surface area contributed by atoms with E-state index in [1.165, 1.54) is 21.9 Å². The topological polar surface area (TPSA) is 41.8 Å². The minimum Gasteiger partial charge on any atom is -0.398 e. The fraction of sp³-hybridized carbons (Fsp3) is 0. The van der Waals surface area contributed by atoms with Crippen molar-refractivity contribution in [3.8, 4) is 33.4 Å². The van der Waals surface area contributed by atoms with Gasteiger partial charge in [0.15, 0.2) is 0 Å². The fourth-order valence-electron chi connectivity index (χ4n) is 4.62. The minimum atomic E-state index is 0.796. The van der Waals surface area contributed by atoms with Crippen LogP contribution in [0.25, 0.3) is 55.2 Å². The Morgan fingerprint density at radius 2 is 1.09 bits per heavy atom. The van der Waals surface area contributed by atoms with Crippen molar-refractivity contribution in [1.29, 1.82) is 0 Å². The molecule has 2 nitrogen and oxygen atoms in total. The number of aromatic amines is 1. The van der Waals surface area contributed by atoms with Crippen LogP contribution in [0.2, 0.25) is 0 Å². The Bertz CT molecular complexity index is 1550. The molecule has 0 spiro atoms. The van der Waals surface area contributed by atoms with E-state index in [1.54, 1.807) is 0 Å². The van der Waals surface area contributed by atoms with Gasteiger partial charge in [0, 0.05) is 33.1 Å². The highest BCUT2D eigenvalue weighted by atomic mass is 14.7. The van der Waals surface area contributed by atoms with Gasteiger partial charge in [-0.2, -0.15) is 0 Å². The van der Waals surface area contributed by atoms with Gasteiger partial charge >= 0.3 is 0 Å². The highest BCUT2D eigenvalue weighted by Crippen LogP contribution is 2.43. The molecule has 0 atom stereocenters. The molecule has 152 valence electrons. The molecular weight excluding hydrogens is 388 g/mol. The van der Waals surface area contributed by atoms with E-state index in [0.29, 0.717) is 0 Å². The summed E-state index contributed by atoms with van der Waals surface area (Å²) in [6.07, 6.45) is 0. The van der Waals surface area contributed by atoms with Crippen LogP contribution in [0.5, 0.6) is 0 Å². The summed E-state index contributed by atoms with van der Waals surface area (Å²) in [5, 5.41) is 2.39. The molecule has 0 aliphatic carbocycles. The summed E-state index contributed by atoms with van der Waals surface area (Å²) < 4.78 is 0. The van der Waals surface area contributed by atoms with Gasteiger partial charge in [0.05, 0.1) is 5.52 Å². The fourth-order valence-corrected chi connectivity index (χ4v) is 4.62. The first kappa shape index (κ1) is 18.5. The van der Waals surface area contributed by atoms with Gasteiger partial charge in [-0.15, -0.1) is 0 Å². The Morgan fingerprint density at radius 3 is 1.75 bits per heavy atom. The number of fused-ring (bicyclic) bond motifs is 3. The summed E-state index contributed by atoms with van der Waals surface area (Å²) in [6.45, 7) is 0. The first-order valence-corrected chi connectivity index (χ1v) is 10.8. The molecule has 0 bridgehead atoms. The first-order valence-electron chi connectivity index (χ1n) is 10.8. The lowest BCUT2D eigenvalue weighted by atomic mass is 9.93. The van der Waals surface area contributed by atoms with Crippen molar-refractivity contribution in [3.63, 3.8) is 0 Å². The van der Waals surface area contributed by atoms with Crippen molar-refractivity contribution in [2.24, 2.45) is 0 Å². The van der Waals surface area contributed by atoms with Crippen LogP contribution in [-0.4, -0.2) is 4.98 Å². The average molecular weight is 411 g/mol. The molecule has 2 heteroatoms. The number of nitrogen functional groups attached to an aromatic ring is 1. The summed E-state index contributed by atoms with van der Waals surface area (Å²) in [5.74, 6) is 0. The molecule has 3 N–H and O–H groups in total. The van der Waals surface area contributed by atoms with E-state index in [1.807, 2.05) is 12.1 Å². The number of aromatic nitrogens is 1. The van der Waals surface area contributed by atoms with E-state index >= 15 is 0 Å². The van der Waals surface area contributed by atoms with Gasteiger partial charge in [0.2, 0.25) is 0 Å². The highest BCUT2D eigenvalue weighted by molar-refractivity contribution is 6.17. The smallest absolute Gasteiger partial charge is 0.0565 e. The Labute approximate surface area is 187 Å². The molecule has 0 saturated carbocycles. The lowest BCUT2D eigenvalue weighted by Crippen LogP contribution is -1.95. The number of rotatable bonds is 3. The molecule has 0 aliphatic rings. The molecule has 6 aromatic rings. The number of hydrogen-bond acceptors (Lipinski definition) is 1. The third-order valence-corrected chi connectivity index (χ3v) is 6.19. The van der Waals surface area contributed by atoms with Gasteiger partial charge in [-0.25, -0.2) is 0 Å². The number of benzene rings is 5. The third-order valence-electron chi connectivity index (χ3n) is 6.19. The molecule has 32 heavy (non-hydrogen) atoms. The van der Waals surface area contributed by atoms with Crippen molar-refractivity contribution < 1.29 is 0 Å². The highest BCUT2D eigenvalue weighted by Gasteiger charge is 2.18. The van der Waals surface area contributed by atoms with Crippen molar-refractivity contribution >= 4 is 27.5 Å². The quantitative estimate of drug-likeness (QED) is 0.286. The molecule has 0 unspecified atom stereocenters. The lowest BCUT2D eigenvalue weighted by molar-refractivity contribution is 1.53. The SMILES string of the molecule is Nc1c(-c2ccccc2)cc2c([nH]c3ccc(-c4ccccc4)cc32)c1-c1ccccc1. The monoisotopic (exact) mass is 410 g/mol. The molecule has 1 heterocycles. The summed E-state index contributed by atoms with van der Waals surface area (Å²) in [6, 6.07) is 40.2. The molecule has 0 aliphatic heterocycles. The Morgan fingerprint density at radius 1 is 0.500 bits per heavy atom. The first-order chi connectivity index (χ1) is 15.8. The zero-order valence-electron chi connectivity index (χ0n) is 17.5. The Hall–Kier alpha value is -4.30. The van der Waals surface area contributed by atoms with Gasteiger partial charge in [-0.05, 0) is 40.5 Å². The van der Waals surface area contributed by atoms with Gasteiger partial charge in [0.25, 0.3) is 0 Å².